The van der Waals surface area contributed by atoms with Crippen LogP contribution in [0.1, 0.15) is 50.6 Å². The maximum Gasteiger partial charge on any atom is 0.247 e. The molecule has 1 aliphatic carbocycles. The zero-order valence-corrected chi connectivity index (χ0v) is 28.8. The Hall–Kier alpha value is -3.97. The molecule has 7 rings (SSSR count). The van der Waals surface area contributed by atoms with E-state index in [0.29, 0.717) is 59.4 Å². The van der Waals surface area contributed by atoms with Crippen LogP contribution in [0.3, 0.4) is 0 Å². The molecule has 2 unspecified atom stereocenters. The molecule has 260 valence electrons. The van der Waals surface area contributed by atoms with Gasteiger partial charge < -0.3 is 20.3 Å². The van der Waals surface area contributed by atoms with Crippen LogP contribution in [-0.4, -0.2) is 90.2 Å². The van der Waals surface area contributed by atoms with Gasteiger partial charge in [0.2, 0.25) is 5.91 Å². The molecule has 3 aliphatic heterocycles. The molecule has 2 atom stereocenters. The summed E-state index contributed by atoms with van der Waals surface area (Å²) in [6, 6.07) is 12.0. The van der Waals surface area contributed by atoms with E-state index in [0.717, 1.165) is 50.7 Å². The molecule has 13 heteroatoms. The summed E-state index contributed by atoms with van der Waals surface area (Å²) in [7, 11) is 1.62. The van der Waals surface area contributed by atoms with Gasteiger partial charge in [-0.3, -0.25) is 19.4 Å². The fourth-order valence-corrected chi connectivity index (χ4v) is 7.74. The van der Waals surface area contributed by atoms with Crippen LogP contribution in [0, 0.1) is 5.82 Å². The van der Waals surface area contributed by atoms with Gasteiger partial charge in [-0.05, 0) is 50.8 Å². The molecule has 4 aliphatic rings. The Labute approximate surface area is 292 Å². The highest BCUT2D eigenvalue weighted by Gasteiger charge is 2.37. The molecular formula is C36H44ClFN8O3. The predicted molar refractivity (Wildman–Crippen MR) is 190 cm³/mol. The second kappa shape index (κ2) is 14.5. The van der Waals surface area contributed by atoms with Gasteiger partial charge in [-0.2, -0.15) is 0 Å². The number of anilines is 5. The Bertz CT molecular complexity index is 1680. The SMILES string of the molecule is C=CC(=O)Nc1cc(Nc2cc(N3OCCC3c3cccc(Cl)c3F)ncn2)c(OC)cc1N1CCC(N2CCN(C3CC3)CC2C)CC1. The number of carbonyl (C=O) groups excluding carboxylic acids is 1. The summed E-state index contributed by atoms with van der Waals surface area (Å²) in [5.41, 5.74) is 2.58. The number of nitrogens with one attached hydrogen (secondary N) is 2. The fourth-order valence-electron chi connectivity index (χ4n) is 7.56. The third kappa shape index (κ3) is 7.19. The summed E-state index contributed by atoms with van der Waals surface area (Å²) in [6.45, 7) is 11.6. The fraction of sp³-hybridized carbons (Fsp3) is 0.472. The molecule has 2 N–H and O–H groups in total. The number of rotatable bonds is 10. The van der Waals surface area contributed by atoms with E-state index in [1.807, 2.05) is 12.1 Å². The quantitative estimate of drug-likeness (QED) is 0.241. The number of halogens is 2. The molecule has 11 nitrogen and oxygen atoms in total. The van der Waals surface area contributed by atoms with Crippen molar-refractivity contribution in [3.05, 3.63) is 71.8 Å². The first-order valence-electron chi connectivity index (χ1n) is 17.2. The van der Waals surface area contributed by atoms with E-state index in [9.17, 15) is 9.18 Å². The number of piperidine rings is 1. The van der Waals surface area contributed by atoms with Gasteiger partial charge >= 0.3 is 0 Å². The molecule has 1 saturated carbocycles. The molecule has 3 saturated heterocycles. The Morgan fingerprint density at radius 3 is 2.61 bits per heavy atom. The number of hydrogen-bond donors (Lipinski definition) is 2. The summed E-state index contributed by atoms with van der Waals surface area (Å²) in [6.07, 6.45) is 8.06. The molecule has 4 heterocycles. The van der Waals surface area contributed by atoms with Crippen LogP contribution in [0.15, 0.2) is 55.4 Å². The Balaban J connectivity index is 1.09. The highest BCUT2D eigenvalue weighted by molar-refractivity contribution is 6.30. The third-order valence-electron chi connectivity index (χ3n) is 10.2. The lowest BCUT2D eigenvalue weighted by molar-refractivity contribution is -0.111. The molecule has 0 bridgehead atoms. The summed E-state index contributed by atoms with van der Waals surface area (Å²) in [4.78, 5) is 35.1. The number of methoxy groups -OCH3 is 1. The highest BCUT2D eigenvalue weighted by Crippen LogP contribution is 2.41. The van der Waals surface area contributed by atoms with E-state index in [1.54, 1.807) is 30.4 Å². The number of hydrogen-bond acceptors (Lipinski definition) is 10. The Kier molecular flexibility index (Phi) is 9.91. The van der Waals surface area contributed by atoms with Crippen molar-refractivity contribution in [2.45, 2.75) is 63.2 Å². The molecule has 2 aromatic carbocycles. The van der Waals surface area contributed by atoms with Gasteiger partial charge in [-0.25, -0.2) is 19.4 Å². The van der Waals surface area contributed by atoms with E-state index in [-0.39, 0.29) is 10.9 Å². The summed E-state index contributed by atoms with van der Waals surface area (Å²) < 4.78 is 20.8. The van der Waals surface area contributed by atoms with Crippen molar-refractivity contribution >= 4 is 46.2 Å². The molecule has 1 amide bonds. The van der Waals surface area contributed by atoms with E-state index in [4.69, 9.17) is 21.2 Å². The largest absolute Gasteiger partial charge is 0.494 e. The van der Waals surface area contributed by atoms with E-state index < -0.39 is 11.9 Å². The second-order valence-corrected chi connectivity index (χ2v) is 13.7. The van der Waals surface area contributed by atoms with Crippen molar-refractivity contribution in [1.29, 1.82) is 0 Å². The van der Waals surface area contributed by atoms with Gasteiger partial charge in [0.25, 0.3) is 0 Å². The van der Waals surface area contributed by atoms with Gasteiger partial charge in [0.05, 0.1) is 41.8 Å². The Morgan fingerprint density at radius 1 is 1.06 bits per heavy atom. The topological polar surface area (TPSA) is 98.3 Å². The standard InChI is InChI=1S/C36H44ClFN8O3/c1-4-35(47)42-28-18-29(41-33-20-34(40-22-39-33)46-30(12-17-49-46)26-6-5-7-27(37)36(26)38)32(48-3)19-31(28)43-13-10-25(11-14-43)45-16-15-44(21-23(45)2)24-8-9-24/h4-7,18-20,22-25,30H,1,8-17,21H2,2-3H3,(H,42,47)(H,39,40,41). The van der Waals surface area contributed by atoms with E-state index >= 15 is 0 Å². The van der Waals surface area contributed by atoms with Gasteiger partial charge in [-0.15, -0.1) is 0 Å². The zero-order valence-electron chi connectivity index (χ0n) is 28.1. The van der Waals surface area contributed by atoms with Crippen LogP contribution >= 0.6 is 11.6 Å². The summed E-state index contributed by atoms with van der Waals surface area (Å²) in [5, 5.41) is 8.00. The Morgan fingerprint density at radius 2 is 1.88 bits per heavy atom. The van der Waals surface area contributed by atoms with Crippen molar-refractivity contribution in [2.24, 2.45) is 0 Å². The number of benzene rings is 2. The van der Waals surface area contributed by atoms with Crippen molar-refractivity contribution < 1.29 is 18.8 Å². The number of hydroxylamine groups is 1. The maximum atomic E-state index is 15.0. The first kappa shape index (κ1) is 33.5. The van der Waals surface area contributed by atoms with Crippen LogP contribution in [0.2, 0.25) is 5.02 Å². The lowest BCUT2D eigenvalue weighted by atomic mass is 9.99. The smallest absolute Gasteiger partial charge is 0.247 e. The number of amides is 1. The number of ether oxygens (including phenoxy) is 1. The van der Waals surface area contributed by atoms with Crippen LogP contribution in [0.5, 0.6) is 5.75 Å². The van der Waals surface area contributed by atoms with Crippen LogP contribution in [0.4, 0.5) is 33.1 Å². The maximum absolute atomic E-state index is 15.0. The molecule has 0 radical (unpaired) electrons. The molecule has 49 heavy (non-hydrogen) atoms. The second-order valence-electron chi connectivity index (χ2n) is 13.3. The van der Waals surface area contributed by atoms with Crippen LogP contribution in [-0.2, 0) is 9.63 Å². The zero-order chi connectivity index (χ0) is 34.1. The summed E-state index contributed by atoms with van der Waals surface area (Å²) in [5.74, 6) is 0.747. The lowest BCUT2D eigenvalue weighted by Gasteiger charge is -2.47. The molecule has 3 aromatic rings. The van der Waals surface area contributed by atoms with Gasteiger partial charge in [-0.1, -0.05) is 30.3 Å². The first-order valence-corrected chi connectivity index (χ1v) is 17.6. The average molecular weight is 691 g/mol. The number of carbonyl (C=O) groups is 1. The van der Waals surface area contributed by atoms with Crippen molar-refractivity contribution in [1.82, 2.24) is 19.8 Å². The minimum atomic E-state index is -0.471. The number of piperazine rings is 1. The number of aromatic nitrogens is 2. The van der Waals surface area contributed by atoms with Crippen LogP contribution in [0.25, 0.3) is 0 Å². The van der Waals surface area contributed by atoms with Gasteiger partial charge in [0.1, 0.15) is 23.7 Å². The lowest BCUT2D eigenvalue weighted by Crippen LogP contribution is -2.57. The minimum Gasteiger partial charge on any atom is -0.494 e. The van der Waals surface area contributed by atoms with Crippen molar-refractivity contribution in [3.8, 4) is 5.75 Å². The monoisotopic (exact) mass is 690 g/mol. The van der Waals surface area contributed by atoms with Crippen LogP contribution < -0.4 is 25.3 Å². The van der Waals surface area contributed by atoms with E-state index in [2.05, 4.69) is 48.8 Å². The molecule has 0 spiro atoms. The minimum absolute atomic E-state index is 0.0606. The van der Waals surface area contributed by atoms with Gasteiger partial charge in [0, 0.05) is 75.0 Å². The molecular weight excluding hydrogens is 647 g/mol. The average Bonchev–Trinajstić information content (AvgIpc) is 3.86. The molecule has 4 fully saturated rings. The van der Waals surface area contributed by atoms with Crippen molar-refractivity contribution in [2.75, 3.05) is 67.0 Å². The number of nitrogens with zero attached hydrogens (tertiary/aromatic N) is 6. The highest BCUT2D eigenvalue weighted by atomic mass is 35.5. The van der Waals surface area contributed by atoms with E-state index in [1.165, 1.54) is 37.9 Å². The third-order valence-corrected chi connectivity index (χ3v) is 10.5. The normalized spacial score (nSPS) is 22.3. The summed E-state index contributed by atoms with van der Waals surface area (Å²) >= 11 is 6.08. The molecule has 1 aromatic heterocycles. The van der Waals surface area contributed by atoms with Crippen molar-refractivity contribution in [3.63, 3.8) is 0 Å². The predicted octanol–water partition coefficient (Wildman–Crippen LogP) is 6.17. The van der Waals surface area contributed by atoms with Gasteiger partial charge in [0.15, 0.2) is 5.82 Å². The first-order chi connectivity index (χ1) is 23.8.